The third-order valence-electron chi connectivity index (χ3n) is 1.80. The second-order valence-electron chi connectivity index (χ2n) is 2.87. The molecule has 0 rings (SSSR count). The minimum atomic E-state index is 0.509. The molecule has 0 aromatic rings. The fraction of sp³-hybridized carbons (Fsp3) is 0.600. The van der Waals surface area contributed by atoms with Gasteiger partial charge in [-0.15, -0.1) is 0 Å². The van der Waals surface area contributed by atoms with Crippen LogP contribution in [0.15, 0.2) is 11.6 Å². The summed E-state index contributed by atoms with van der Waals surface area (Å²) in [5.41, 5.74) is 6.58. The summed E-state index contributed by atoms with van der Waals surface area (Å²) in [6.07, 6.45) is 7.49. The van der Waals surface area contributed by atoms with Gasteiger partial charge in [0.25, 0.3) is 0 Å². The van der Waals surface area contributed by atoms with Gasteiger partial charge in [-0.3, -0.25) is 0 Å². The summed E-state index contributed by atoms with van der Waals surface area (Å²) in [5.74, 6) is 0. The third kappa shape index (κ3) is 7.40. The Morgan fingerprint density at radius 3 is 2.31 bits per heavy atom. The smallest absolute Gasteiger partial charge is 0.120 e. The molecule has 2 N–H and O–H groups in total. The van der Waals surface area contributed by atoms with Crippen molar-refractivity contribution in [3.8, 4) is 0 Å². The lowest BCUT2D eigenvalue weighted by Crippen LogP contribution is -2.03. The first-order valence-corrected chi connectivity index (χ1v) is 4.60. The van der Waals surface area contributed by atoms with Crippen molar-refractivity contribution in [3.05, 3.63) is 11.6 Å². The molecule has 74 valence electrons. The minimum Gasteiger partial charge on any atom is -0.327 e. The molecule has 0 heterocycles. The number of rotatable bonds is 8. The molecule has 0 unspecified atom stereocenters. The highest BCUT2D eigenvalue weighted by molar-refractivity contribution is 5.50. The van der Waals surface area contributed by atoms with E-state index in [1.165, 1.54) is 0 Å². The van der Waals surface area contributed by atoms with Crippen LogP contribution in [0.4, 0.5) is 0 Å². The Morgan fingerprint density at radius 1 is 1.08 bits per heavy atom. The van der Waals surface area contributed by atoms with Crippen molar-refractivity contribution in [2.75, 3.05) is 6.54 Å². The molecule has 0 amide bonds. The zero-order valence-corrected chi connectivity index (χ0v) is 7.87. The van der Waals surface area contributed by atoms with Crippen molar-refractivity contribution in [3.63, 3.8) is 0 Å². The van der Waals surface area contributed by atoms with Gasteiger partial charge < -0.3 is 15.3 Å². The van der Waals surface area contributed by atoms with Gasteiger partial charge in [-0.1, -0.05) is 11.6 Å². The van der Waals surface area contributed by atoms with E-state index in [4.69, 9.17) is 5.73 Å². The highest BCUT2D eigenvalue weighted by atomic mass is 16.1. The lowest BCUT2D eigenvalue weighted by Gasteiger charge is -2.00. The number of nitrogens with two attached hydrogens (primary N) is 1. The number of hydrogen-bond acceptors (Lipinski definition) is 3. The van der Waals surface area contributed by atoms with Gasteiger partial charge in [-0.2, -0.15) is 0 Å². The normalized spacial score (nSPS) is 11.3. The van der Waals surface area contributed by atoms with Crippen LogP contribution in [-0.4, -0.2) is 19.1 Å². The standard InChI is InChI=1S/C10H17NO2/c11-9-10(6-4-8-13)5-2-1-3-7-12/h5,7-8H,1-4,6,9,11H2/b10-5-. The zero-order chi connectivity index (χ0) is 9.94. The van der Waals surface area contributed by atoms with Crippen LogP contribution < -0.4 is 5.73 Å². The topological polar surface area (TPSA) is 60.2 Å². The Bertz CT molecular complexity index is 176. The molecule has 0 aliphatic heterocycles. The van der Waals surface area contributed by atoms with E-state index < -0.39 is 0 Å². The van der Waals surface area contributed by atoms with Gasteiger partial charge in [0.05, 0.1) is 0 Å². The Labute approximate surface area is 79.0 Å². The van der Waals surface area contributed by atoms with Crippen LogP contribution in [0, 0.1) is 0 Å². The first kappa shape index (κ1) is 12.0. The van der Waals surface area contributed by atoms with E-state index in [0.29, 0.717) is 19.4 Å². The molecule has 0 fully saturated rings. The van der Waals surface area contributed by atoms with Crippen molar-refractivity contribution < 1.29 is 9.59 Å². The lowest BCUT2D eigenvalue weighted by molar-refractivity contribution is -0.108. The summed E-state index contributed by atoms with van der Waals surface area (Å²) < 4.78 is 0. The second-order valence-corrected chi connectivity index (χ2v) is 2.87. The van der Waals surface area contributed by atoms with E-state index in [-0.39, 0.29) is 0 Å². The Balaban J connectivity index is 3.63. The maximum absolute atomic E-state index is 10.1. The number of allylic oxidation sites excluding steroid dienone is 1. The molecule has 0 atom stereocenters. The number of hydrogen-bond donors (Lipinski definition) is 1. The van der Waals surface area contributed by atoms with Gasteiger partial charge in [0, 0.05) is 19.4 Å². The second kappa shape index (κ2) is 9.13. The molecule has 0 bridgehead atoms. The van der Waals surface area contributed by atoms with Crippen molar-refractivity contribution in [2.45, 2.75) is 32.1 Å². The lowest BCUT2D eigenvalue weighted by atomic mass is 10.1. The first-order valence-electron chi connectivity index (χ1n) is 4.60. The van der Waals surface area contributed by atoms with E-state index in [0.717, 1.165) is 37.4 Å². The molecular weight excluding hydrogens is 166 g/mol. The summed E-state index contributed by atoms with van der Waals surface area (Å²) in [4.78, 5) is 20.1. The summed E-state index contributed by atoms with van der Waals surface area (Å²) in [5, 5.41) is 0. The maximum atomic E-state index is 10.1. The monoisotopic (exact) mass is 183 g/mol. The molecule has 3 heteroatoms. The van der Waals surface area contributed by atoms with E-state index in [2.05, 4.69) is 0 Å². The van der Waals surface area contributed by atoms with E-state index in [1.807, 2.05) is 6.08 Å². The van der Waals surface area contributed by atoms with E-state index >= 15 is 0 Å². The first-order chi connectivity index (χ1) is 6.35. The summed E-state index contributed by atoms with van der Waals surface area (Å²) in [6, 6.07) is 0. The van der Waals surface area contributed by atoms with Crippen LogP contribution >= 0.6 is 0 Å². The van der Waals surface area contributed by atoms with Crippen LogP contribution in [0.5, 0.6) is 0 Å². The molecule has 3 nitrogen and oxygen atoms in total. The summed E-state index contributed by atoms with van der Waals surface area (Å²) in [7, 11) is 0. The maximum Gasteiger partial charge on any atom is 0.120 e. The predicted octanol–water partition coefficient (Wildman–Crippen LogP) is 1.22. The molecular formula is C10H17NO2. The molecule has 13 heavy (non-hydrogen) atoms. The molecule has 0 aromatic heterocycles. The van der Waals surface area contributed by atoms with Gasteiger partial charge >= 0.3 is 0 Å². The van der Waals surface area contributed by atoms with Gasteiger partial charge in [0.15, 0.2) is 0 Å². The van der Waals surface area contributed by atoms with Crippen LogP contribution in [0.2, 0.25) is 0 Å². The highest BCUT2D eigenvalue weighted by Crippen LogP contribution is 2.05. The van der Waals surface area contributed by atoms with E-state index in [9.17, 15) is 9.59 Å². The average molecular weight is 183 g/mol. The van der Waals surface area contributed by atoms with Gasteiger partial charge in [-0.25, -0.2) is 0 Å². The number of carbonyl (C=O) groups excluding carboxylic acids is 2. The highest BCUT2D eigenvalue weighted by Gasteiger charge is 1.93. The largest absolute Gasteiger partial charge is 0.327 e. The van der Waals surface area contributed by atoms with Crippen molar-refractivity contribution >= 4 is 12.6 Å². The Hall–Kier alpha value is -0.960. The number of carbonyl (C=O) groups is 2. The Kier molecular flexibility index (Phi) is 8.46. The summed E-state index contributed by atoms with van der Waals surface area (Å²) >= 11 is 0. The summed E-state index contributed by atoms with van der Waals surface area (Å²) in [6.45, 7) is 0.509. The number of aldehydes is 2. The quantitative estimate of drug-likeness (QED) is 0.349. The molecule has 0 radical (unpaired) electrons. The van der Waals surface area contributed by atoms with Gasteiger partial charge in [0.1, 0.15) is 12.6 Å². The van der Waals surface area contributed by atoms with Crippen LogP contribution in [0.1, 0.15) is 32.1 Å². The average Bonchev–Trinajstić information content (AvgIpc) is 2.17. The van der Waals surface area contributed by atoms with Gasteiger partial charge in [-0.05, 0) is 19.3 Å². The molecule has 0 aliphatic rings. The minimum absolute atomic E-state index is 0.509. The molecule has 0 aromatic carbocycles. The molecule has 0 saturated carbocycles. The fourth-order valence-electron chi connectivity index (χ4n) is 1.04. The van der Waals surface area contributed by atoms with Crippen molar-refractivity contribution in [1.29, 1.82) is 0 Å². The zero-order valence-electron chi connectivity index (χ0n) is 7.87. The number of unbranched alkanes of at least 4 members (excludes halogenated alkanes) is 2. The van der Waals surface area contributed by atoms with Crippen LogP contribution in [0.3, 0.4) is 0 Å². The van der Waals surface area contributed by atoms with Crippen LogP contribution in [0.25, 0.3) is 0 Å². The molecule has 0 spiro atoms. The van der Waals surface area contributed by atoms with Crippen molar-refractivity contribution in [1.82, 2.24) is 0 Å². The SMILES string of the molecule is NC/C(=C\CCCC=O)CCC=O. The predicted molar refractivity (Wildman–Crippen MR) is 52.4 cm³/mol. The van der Waals surface area contributed by atoms with E-state index in [1.54, 1.807) is 0 Å². The third-order valence-corrected chi connectivity index (χ3v) is 1.80. The molecule has 0 aliphatic carbocycles. The van der Waals surface area contributed by atoms with Crippen molar-refractivity contribution in [2.24, 2.45) is 5.73 Å². The van der Waals surface area contributed by atoms with Crippen LogP contribution in [-0.2, 0) is 9.59 Å². The van der Waals surface area contributed by atoms with Gasteiger partial charge in [0.2, 0.25) is 0 Å². The molecule has 0 saturated heterocycles. The Morgan fingerprint density at radius 2 is 1.77 bits per heavy atom. The fourth-order valence-corrected chi connectivity index (χ4v) is 1.04.